The van der Waals surface area contributed by atoms with E-state index in [0.717, 1.165) is 0 Å². The smallest absolute Gasteiger partial charge is 0.240 e. The minimum Gasteiger partial charge on any atom is -0.439 e. The molecule has 1 aromatic heterocycles. The standard InChI is InChI=1S/C23H22Cl2N2O4/c1-13-10-27(11-14(2)30-13)12-20(28)26-23-21(15-3-5-16(24)6-4-15)22(29)18-9-17(25)7-8-19(18)31-23/h3-9,13-14H,10-12H2,1-2H3,(H,26,28)/t13-,14+. The molecule has 1 fully saturated rings. The molecule has 31 heavy (non-hydrogen) atoms. The molecular weight excluding hydrogens is 439 g/mol. The van der Waals surface area contributed by atoms with Crippen molar-refractivity contribution in [1.82, 2.24) is 4.90 Å². The summed E-state index contributed by atoms with van der Waals surface area (Å²) >= 11 is 12.1. The number of nitrogens with zero attached hydrogens (tertiary/aromatic N) is 1. The van der Waals surface area contributed by atoms with Crippen molar-refractivity contribution in [2.45, 2.75) is 26.1 Å². The molecule has 0 spiro atoms. The van der Waals surface area contributed by atoms with Crippen molar-refractivity contribution >= 4 is 46.0 Å². The van der Waals surface area contributed by atoms with Crippen LogP contribution in [0.15, 0.2) is 51.7 Å². The second kappa shape index (κ2) is 9.01. The van der Waals surface area contributed by atoms with Gasteiger partial charge in [-0.15, -0.1) is 0 Å². The molecule has 0 bridgehead atoms. The number of carbonyl (C=O) groups is 1. The summed E-state index contributed by atoms with van der Waals surface area (Å²) < 4.78 is 11.7. The topological polar surface area (TPSA) is 71.8 Å². The van der Waals surface area contributed by atoms with Gasteiger partial charge in [0.2, 0.25) is 17.2 Å². The summed E-state index contributed by atoms with van der Waals surface area (Å²) in [7, 11) is 0. The van der Waals surface area contributed by atoms with Gasteiger partial charge in [0.25, 0.3) is 0 Å². The summed E-state index contributed by atoms with van der Waals surface area (Å²) in [5, 5.41) is 4.10. The first-order valence-electron chi connectivity index (χ1n) is 10.00. The first-order chi connectivity index (χ1) is 14.8. The third-order valence-corrected chi connectivity index (χ3v) is 5.59. The zero-order valence-electron chi connectivity index (χ0n) is 17.2. The summed E-state index contributed by atoms with van der Waals surface area (Å²) in [6.07, 6.45) is 0.0917. The van der Waals surface area contributed by atoms with Crippen LogP contribution in [-0.4, -0.2) is 42.6 Å². The van der Waals surface area contributed by atoms with Crippen LogP contribution in [-0.2, 0) is 9.53 Å². The number of rotatable bonds is 4. The van der Waals surface area contributed by atoms with Crippen LogP contribution in [0.4, 0.5) is 5.88 Å². The van der Waals surface area contributed by atoms with Gasteiger partial charge in [-0.2, -0.15) is 0 Å². The van der Waals surface area contributed by atoms with E-state index >= 15 is 0 Å². The number of benzene rings is 2. The maximum Gasteiger partial charge on any atom is 0.240 e. The molecule has 162 valence electrons. The second-order valence-electron chi connectivity index (χ2n) is 7.78. The van der Waals surface area contributed by atoms with Crippen molar-refractivity contribution in [3.05, 3.63) is 62.7 Å². The van der Waals surface area contributed by atoms with Crippen LogP contribution in [0.2, 0.25) is 10.0 Å². The van der Waals surface area contributed by atoms with Gasteiger partial charge in [-0.3, -0.25) is 19.8 Å². The van der Waals surface area contributed by atoms with Gasteiger partial charge in [0.15, 0.2) is 0 Å². The molecule has 0 unspecified atom stereocenters. The molecule has 2 aromatic carbocycles. The molecule has 6 nitrogen and oxygen atoms in total. The highest BCUT2D eigenvalue weighted by Crippen LogP contribution is 2.30. The van der Waals surface area contributed by atoms with Crippen molar-refractivity contribution in [3.63, 3.8) is 0 Å². The zero-order valence-corrected chi connectivity index (χ0v) is 18.7. The average Bonchev–Trinajstić information content (AvgIpc) is 2.69. The molecule has 3 aromatic rings. The highest BCUT2D eigenvalue weighted by atomic mass is 35.5. The molecule has 0 aliphatic carbocycles. The van der Waals surface area contributed by atoms with E-state index < -0.39 is 0 Å². The van der Waals surface area contributed by atoms with Crippen LogP contribution in [0.1, 0.15) is 13.8 Å². The minimum atomic E-state index is -0.282. The summed E-state index contributed by atoms with van der Waals surface area (Å²) in [5.74, 6) is -0.172. The normalized spacial score (nSPS) is 19.5. The summed E-state index contributed by atoms with van der Waals surface area (Å²) in [4.78, 5) is 28.2. The van der Waals surface area contributed by atoms with E-state index in [1.165, 1.54) is 0 Å². The molecule has 4 rings (SSSR count). The van der Waals surface area contributed by atoms with E-state index in [-0.39, 0.29) is 41.5 Å². The largest absolute Gasteiger partial charge is 0.439 e. The molecular formula is C23H22Cl2N2O4. The van der Waals surface area contributed by atoms with Gasteiger partial charge in [0.1, 0.15) is 5.58 Å². The van der Waals surface area contributed by atoms with Gasteiger partial charge in [0, 0.05) is 23.1 Å². The first-order valence-corrected chi connectivity index (χ1v) is 10.8. The zero-order chi connectivity index (χ0) is 22.1. The van der Waals surface area contributed by atoms with Gasteiger partial charge >= 0.3 is 0 Å². The molecule has 8 heteroatoms. The predicted octanol–water partition coefficient (Wildman–Crippen LogP) is 4.81. The Morgan fingerprint density at radius 1 is 1.06 bits per heavy atom. The molecule has 2 heterocycles. The highest BCUT2D eigenvalue weighted by Gasteiger charge is 2.25. The summed E-state index contributed by atoms with van der Waals surface area (Å²) in [5.41, 5.74) is 0.901. The SMILES string of the molecule is C[C@@H]1CN(CC(=O)Nc2oc3ccc(Cl)cc3c(=O)c2-c2ccc(Cl)cc2)C[C@H](C)O1. The van der Waals surface area contributed by atoms with Crippen molar-refractivity contribution < 1.29 is 13.9 Å². The predicted molar refractivity (Wildman–Crippen MR) is 123 cm³/mol. The number of amides is 1. The molecule has 1 N–H and O–H groups in total. The van der Waals surface area contributed by atoms with Crippen LogP contribution >= 0.6 is 23.2 Å². The lowest BCUT2D eigenvalue weighted by Gasteiger charge is -2.34. The van der Waals surface area contributed by atoms with Gasteiger partial charge in [0.05, 0.1) is 29.7 Å². The van der Waals surface area contributed by atoms with Gasteiger partial charge < -0.3 is 9.15 Å². The van der Waals surface area contributed by atoms with Crippen molar-refractivity contribution in [1.29, 1.82) is 0 Å². The number of ether oxygens (including phenoxy) is 1. The average molecular weight is 461 g/mol. The van der Waals surface area contributed by atoms with Gasteiger partial charge in [-0.25, -0.2) is 0 Å². The highest BCUT2D eigenvalue weighted by molar-refractivity contribution is 6.31. The number of carbonyl (C=O) groups excluding carboxylic acids is 1. The summed E-state index contributed by atoms with van der Waals surface area (Å²) in [6.45, 7) is 5.43. The molecule has 2 atom stereocenters. The summed E-state index contributed by atoms with van der Waals surface area (Å²) in [6, 6.07) is 11.6. The molecule has 1 saturated heterocycles. The Morgan fingerprint density at radius 3 is 2.39 bits per heavy atom. The Morgan fingerprint density at radius 2 is 1.71 bits per heavy atom. The van der Waals surface area contributed by atoms with E-state index in [1.54, 1.807) is 42.5 Å². The molecule has 0 saturated carbocycles. The van der Waals surface area contributed by atoms with Crippen molar-refractivity contribution in [2.24, 2.45) is 0 Å². The van der Waals surface area contributed by atoms with E-state index in [1.807, 2.05) is 18.7 Å². The number of anilines is 1. The molecule has 1 aliphatic heterocycles. The second-order valence-corrected chi connectivity index (χ2v) is 8.66. The maximum absolute atomic E-state index is 13.3. The van der Waals surface area contributed by atoms with Crippen molar-refractivity contribution in [3.8, 4) is 11.1 Å². The molecule has 0 radical (unpaired) electrons. The van der Waals surface area contributed by atoms with Crippen LogP contribution in [0.25, 0.3) is 22.1 Å². The maximum atomic E-state index is 13.3. The molecule has 1 amide bonds. The lowest BCUT2D eigenvalue weighted by atomic mass is 10.0. The quantitative estimate of drug-likeness (QED) is 0.604. The number of halogens is 2. The number of fused-ring (bicyclic) bond motifs is 1. The van der Waals surface area contributed by atoms with Crippen LogP contribution in [0.5, 0.6) is 0 Å². The fourth-order valence-electron chi connectivity index (χ4n) is 3.92. The third-order valence-electron chi connectivity index (χ3n) is 5.10. The van der Waals surface area contributed by atoms with Gasteiger partial charge in [-0.1, -0.05) is 35.3 Å². The fourth-order valence-corrected chi connectivity index (χ4v) is 4.22. The number of morpholine rings is 1. The third kappa shape index (κ3) is 4.93. The Hall–Kier alpha value is -2.38. The van der Waals surface area contributed by atoms with Crippen LogP contribution in [0.3, 0.4) is 0 Å². The number of nitrogens with one attached hydrogen (secondary N) is 1. The Kier molecular flexibility index (Phi) is 6.34. The van der Waals surface area contributed by atoms with Crippen LogP contribution in [0, 0.1) is 0 Å². The number of hydrogen-bond acceptors (Lipinski definition) is 5. The van der Waals surface area contributed by atoms with E-state index in [0.29, 0.717) is 39.7 Å². The van der Waals surface area contributed by atoms with E-state index in [4.69, 9.17) is 32.4 Å². The first kappa shape index (κ1) is 21.8. The molecule has 1 aliphatic rings. The Balaban J connectivity index is 1.71. The van der Waals surface area contributed by atoms with Crippen LogP contribution < -0.4 is 10.7 Å². The Bertz CT molecular complexity index is 1170. The van der Waals surface area contributed by atoms with Gasteiger partial charge in [-0.05, 0) is 49.7 Å². The lowest BCUT2D eigenvalue weighted by Crippen LogP contribution is -2.48. The monoisotopic (exact) mass is 460 g/mol. The lowest BCUT2D eigenvalue weighted by molar-refractivity contribution is -0.121. The van der Waals surface area contributed by atoms with E-state index in [2.05, 4.69) is 5.32 Å². The fraction of sp³-hybridized carbons (Fsp3) is 0.304. The number of hydrogen-bond donors (Lipinski definition) is 1. The minimum absolute atomic E-state index is 0.0459. The van der Waals surface area contributed by atoms with E-state index in [9.17, 15) is 9.59 Å². The Labute approximate surface area is 189 Å². The van der Waals surface area contributed by atoms with Crippen molar-refractivity contribution in [2.75, 3.05) is 25.0 Å².